The van der Waals surface area contributed by atoms with E-state index >= 15 is 0 Å². The van der Waals surface area contributed by atoms with Crippen molar-refractivity contribution in [3.63, 3.8) is 0 Å². The van der Waals surface area contributed by atoms with Crippen LogP contribution < -0.4 is 0 Å². The Labute approximate surface area is 135 Å². The zero-order valence-electron chi connectivity index (χ0n) is 12.5. The third-order valence-electron chi connectivity index (χ3n) is 4.22. The largest absolute Gasteiger partial charge is 0.391 e. The molecule has 0 bridgehead atoms. The van der Waals surface area contributed by atoms with Crippen molar-refractivity contribution in [3.8, 4) is 11.3 Å². The number of carbonyl (C=O) groups excluding carboxylic acids is 1. The Kier molecular flexibility index (Phi) is 3.34. The van der Waals surface area contributed by atoms with Crippen LogP contribution in [-0.4, -0.2) is 55.0 Å². The van der Waals surface area contributed by atoms with Crippen LogP contribution in [0.25, 0.3) is 22.3 Å². The molecule has 7 nitrogen and oxygen atoms in total. The molecular weight excluding hydrogens is 294 g/mol. The van der Waals surface area contributed by atoms with Crippen molar-refractivity contribution in [2.75, 3.05) is 13.1 Å². The normalized spacial score (nSPS) is 18.5. The molecule has 0 aromatic carbocycles. The van der Waals surface area contributed by atoms with E-state index in [9.17, 15) is 9.90 Å². The van der Waals surface area contributed by atoms with Crippen LogP contribution >= 0.6 is 0 Å². The summed E-state index contributed by atoms with van der Waals surface area (Å²) in [5, 5.41) is 10.6. The van der Waals surface area contributed by atoms with Crippen molar-refractivity contribution in [2.45, 2.75) is 18.9 Å². The van der Waals surface area contributed by atoms with Crippen molar-refractivity contribution in [3.05, 3.63) is 36.5 Å². The van der Waals surface area contributed by atoms with Gasteiger partial charge in [0.15, 0.2) is 0 Å². The maximum absolute atomic E-state index is 12.5. The Morgan fingerprint density at radius 2 is 2.30 bits per heavy atom. The summed E-state index contributed by atoms with van der Waals surface area (Å²) in [6, 6.07) is 3.72. The third kappa shape index (κ3) is 2.49. The van der Waals surface area contributed by atoms with E-state index in [1.807, 2.05) is 12.3 Å². The quantitative estimate of drug-likeness (QED) is 0.674. The second-order valence-electron chi connectivity index (χ2n) is 5.81. The maximum Gasteiger partial charge on any atom is 0.270 e. The molecule has 122 valence electrons. The lowest BCUT2D eigenvalue weighted by molar-refractivity contribution is 0.0469. The number of nitrogens with one attached hydrogen (secondary N) is 2. The van der Waals surface area contributed by atoms with Gasteiger partial charge in [-0.1, -0.05) is 0 Å². The predicted molar refractivity (Wildman–Crippen MR) is 89.0 cm³/mol. The van der Waals surface area contributed by atoms with Gasteiger partial charge in [-0.05, 0) is 25.0 Å². The Balaban J connectivity index is 0.00000113. The van der Waals surface area contributed by atoms with Gasteiger partial charge in [0.25, 0.3) is 5.91 Å². The van der Waals surface area contributed by atoms with Gasteiger partial charge in [-0.25, -0.2) is 9.97 Å². The van der Waals surface area contributed by atoms with E-state index in [1.54, 1.807) is 17.2 Å². The highest BCUT2D eigenvalue weighted by molar-refractivity contribution is 5.96. The number of likely N-dealkylation sites (tertiary alicyclic amines) is 1. The number of aliphatic hydroxyl groups is 1. The molecule has 0 aliphatic carbocycles. The van der Waals surface area contributed by atoms with Gasteiger partial charge < -0.3 is 20.0 Å². The van der Waals surface area contributed by atoms with Crippen molar-refractivity contribution in [2.24, 2.45) is 0 Å². The van der Waals surface area contributed by atoms with Crippen LogP contribution in [0.2, 0.25) is 0 Å². The number of nitrogens with zero attached hydrogens (tertiary/aromatic N) is 3. The Bertz CT molecular complexity index is 863. The number of H-pyrrole nitrogens is 2. The topological polar surface area (TPSA) is 97.9 Å². The first kappa shape index (κ1) is 14.0. The molecule has 1 unspecified atom stereocenters. The Hall–Kier alpha value is -2.67. The first-order valence-corrected chi connectivity index (χ1v) is 7.66. The van der Waals surface area contributed by atoms with Crippen LogP contribution in [0.4, 0.5) is 0 Å². The van der Waals surface area contributed by atoms with Gasteiger partial charge in [-0.2, -0.15) is 0 Å². The molecule has 1 aliphatic heterocycles. The number of aliphatic hydroxyl groups excluding tert-OH is 1. The number of β-amino-alcohol motifs (C(OH)–C–C–N with tert-alkyl or cyclic N) is 1. The van der Waals surface area contributed by atoms with Crippen molar-refractivity contribution in [1.82, 2.24) is 24.8 Å². The average Bonchev–Trinajstić information content (AvgIpc) is 3.23. The fourth-order valence-corrected chi connectivity index (χ4v) is 3.07. The summed E-state index contributed by atoms with van der Waals surface area (Å²) < 4.78 is 0. The summed E-state index contributed by atoms with van der Waals surface area (Å²) >= 11 is 0. The molecule has 4 heterocycles. The summed E-state index contributed by atoms with van der Waals surface area (Å²) in [6.07, 6.45) is 6.26. The smallest absolute Gasteiger partial charge is 0.270 e. The molecule has 1 amide bonds. The van der Waals surface area contributed by atoms with Crippen LogP contribution in [0, 0.1) is 0 Å². The molecule has 3 aromatic rings. The van der Waals surface area contributed by atoms with Crippen LogP contribution in [0.3, 0.4) is 0 Å². The predicted octanol–water partition coefficient (Wildman–Crippen LogP) is 2.04. The highest BCUT2D eigenvalue weighted by Crippen LogP contribution is 2.26. The van der Waals surface area contributed by atoms with Crippen LogP contribution in [0.5, 0.6) is 0 Å². The fraction of sp³-hybridized carbons (Fsp3) is 0.312. The Morgan fingerprint density at radius 3 is 3.17 bits per heavy atom. The SMILES string of the molecule is O=C(c1cc(-c2ncnc3[nH]ccc23)c[nH]1)N1CCCC(O)C1.[HH].[HH]. The molecule has 0 radical (unpaired) electrons. The number of rotatable bonds is 2. The first-order chi connectivity index (χ1) is 11.2. The minimum Gasteiger partial charge on any atom is -0.391 e. The highest BCUT2D eigenvalue weighted by Gasteiger charge is 2.24. The number of aromatic amines is 2. The second kappa shape index (κ2) is 5.51. The van der Waals surface area contributed by atoms with Crippen molar-refractivity contribution >= 4 is 16.9 Å². The second-order valence-corrected chi connectivity index (χ2v) is 5.81. The first-order valence-electron chi connectivity index (χ1n) is 7.66. The molecule has 3 aromatic heterocycles. The van der Waals surface area contributed by atoms with E-state index in [4.69, 9.17) is 0 Å². The number of amides is 1. The molecule has 1 atom stereocenters. The minimum absolute atomic E-state index is 0. The monoisotopic (exact) mass is 315 g/mol. The van der Waals surface area contributed by atoms with E-state index in [-0.39, 0.29) is 8.76 Å². The molecule has 3 N–H and O–H groups in total. The zero-order valence-corrected chi connectivity index (χ0v) is 12.5. The molecule has 1 fully saturated rings. The lowest BCUT2D eigenvalue weighted by Gasteiger charge is -2.29. The molecule has 0 saturated carbocycles. The number of aromatic nitrogens is 4. The van der Waals surface area contributed by atoms with E-state index < -0.39 is 6.10 Å². The van der Waals surface area contributed by atoms with Crippen molar-refractivity contribution in [1.29, 1.82) is 0 Å². The van der Waals surface area contributed by atoms with E-state index in [0.717, 1.165) is 35.1 Å². The highest BCUT2D eigenvalue weighted by atomic mass is 16.3. The number of fused-ring (bicyclic) bond motifs is 1. The van der Waals surface area contributed by atoms with E-state index in [0.29, 0.717) is 18.8 Å². The van der Waals surface area contributed by atoms with Crippen molar-refractivity contribution < 1.29 is 12.8 Å². The van der Waals surface area contributed by atoms with Crippen LogP contribution in [-0.2, 0) is 0 Å². The Morgan fingerprint density at radius 1 is 1.39 bits per heavy atom. The summed E-state index contributed by atoms with van der Waals surface area (Å²) in [6.45, 7) is 1.07. The van der Waals surface area contributed by atoms with Gasteiger partial charge in [0.1, 0.15) is 17.7 Å². The van der Waals surface area contributed by atoms with Gasteiger partial charge in [0.05, 0.1) is 11.8 Å². The lowest BCUT2D eigenvalue weighted by atomic mass is 10.1. The number of piperidine rings is 1. The molecule has 23 heavy (non-hydrogen) atoms. The molecule has 7 heteroatoms. The fourth-order valence-electron chi connectivity index (χ4n) is 3.07. The van der Waals surface area contributed by atoms with Gasteiger partial charge in [-0.3, -0.25) is 4.79 Å². The molecule has 1 saturated heterocycles. The standard InChI is InChI=1S/C16H17N5O2.2H2/c22-11-2-1-5-21(8-11)16(23)13-6-10(7-18-13)14-12-3-4-17-15(12)20-9-19-14;;/h3-4,6-7,9,11,18,22H,1-2,5,8H2,(H,17,19,20);2*1H. The lowest BCUT2D eigenvalue weighted by Crippen LogP contribution is -2.42. The zero-order chi connectivity index (χ0) is 15.8. The average molecular weight is 315 g/mol. The molecule has 1 aliphatic rings. The van der Waals surface area contributed by atoms with Crippen LogP contribution in [0.15, 0.2) is 30.9 Å². The van der Waals surface area contributed by atoms with E-state index in [2.05, 4.69) is 19.9 Å². The summed E-state index contributed by atoms with van der Waals surface area (Å²) in [7, 11) is 0. The summed E-state index contributed by atoms with van der Waals surface area (Å²) in [4.78, 5) is 28.8. The number of carbonyl (C=O) groups is 1. The number of hydrogen-bond acceptors (Lipinski definition) is 4. The summed E-state index contributed by atoms with van der Waals surface area (Å²) in [5.41, 5.74) is 2.91. The molecule has 4 rings (SSSR count). The minimum atomic E-state index is -0.427. The van der Waals surface area contributed by atoms with Gasteiger partial charge >= 0.3 is 0 Å². The van der Waals surface area contributed by atoms with Gasteiger partial charge in [-0.15, -0.1) is 0 Å². The van der Waals surface area contributed by atoms with Gasteiger partial charge in [0, 0.05) is 39.3 Å². The van der Waals surface area contributed by atoms with Gasteiger partial charge in [0.2, 0.25) is 0 Å². The molecular formula is C16H21N5O2. The summed E-state index contributed by atoms with van der Waals surface area (Å²) in [5.74, 6) is -0.0885. The third-order valence-corrected chi connectivity index (χ3v) is 4.22. The van der Waals surface area contributed by atoms with E-state index in [1.165, 1.54) is 6.33 Å². The molecule has 0 spiro atoms. The van der Waals surface area contributed by atoms with Crippen LogP contribution in [0.1, 0.15) is 26.2 Å². The maximum atomic E-state index is 12.5. The number of hydrogen-bond donors (Lipinski definition) is 3.